The van der Waals surface area contributed by atoms with Crippen molar-refractivity contribution in [2.45, 2.75) is 13.5 Å². The van der Waals surface area contributed by atoms with E-state index in [-0.39, 0.29) is 5.56 Å². The van der Waals surface area contributed by atoms with Crippen molar-refractivity contribution in [2.75, 3.05) is 0 Å². The molecule has 4 rings (SSSR count). The minimum absolute atomic E-state index is 0.212. The average molecular weight is 360 g/mol. The van der Waals surface area contributed by atoms with Gasteiger partial charge < -0.3 is 9.26 Å². The van der Waals surface area contributed by atoms with Crippen LogP contribution in [0.4, 0.5) is 0 Å². The van der Waals surface area contributed by atoms with Crippen molar-refractivity contribution >= 4 is 0 Å². The second-order valence-electron chi connectivity index (χ2n) is 5.92. The van der Waals surface area contributed by atoms with E-state index in [1.54, 1.807) is 13.0 Å². The van der Waals surface area contributed by atoms with Gasteiger partial charge in [-0.25, -0.2) is 4.68 Å². The van der Waals surface area contributed by atoms with Crippen molar-refractivity contribution in [3.63, 3.8) is 0 Å². The molecule has 2 aromatic heterocycles. The molecule has 2 aromatic carbocycles. The predicted molar refractivity (Wildman–Crippen MR) is 98.6 cm³/mol. The number of rotatable bonds is 5. The number of hydrogen-bond donors (Lipinski definition) is 0. The fraction of sp³-hybridized carbons (Fsp3) is 0.100. The first-order valence-corrected chi connectivity index (χ1v) is 8.38. The van der Waals surface area contributed by atoms with Crippen molar-refractivity contribution in [1.29, 1.82) is 0 Å². The molecule has 0 unspecified atom stereocenters. The summed E-state index contributed by atoms with van der Waals surface area (Å²) in [7, 11) is 0. The van der Waals surface area contributed by atoms with E-state index >= 15 is 0 Å². The van der Waals surface area contributed by atoms with Crippen LogP contribution in [-0.2, 0) is 6.54 Å². The van der Waals surface area contributed by atoms with Gasteiger partial charge in [-0.15, -0.1) is 5.10 Å². The first-order valence-electron chi connectivity index (χ1n) is 8.38. The first-order chi connectivity index (χ1) is 13.2. The topological polar surface area (TPSA) is 83.0 Å². The van der Waals surface area contributed by atoms with Crippen molar-refractivity contribution in [1.82, 2.24) is 19.9 Å². The van der Waals surface area contributed by atoms with Crippen molar-refractivity contribution in [2.24, 2.45) is 0 Å². The van der Waals surface area contributed by atoms with Crippen LogP contribution >= 0.6 is 0 Å². The second kappa shape index (κ2) is 7.25. The van der Waals surface area contributed by atoms with E-state index in [1.807, 2.05) is 54.6 Å². The van der Waals surface area contributed by atoms with E-state index in [9.17, 15) is 4.79 Å². The Hall–Kier alpha value is -3.74. The molecule has 0 atom stereocenters. The van der Waals surface area contributed by atoms with Crippen LogP contribution in [0.2, 0.25) is 0 Å². The molecule has 0 N–H and O–H groups in total. The van der Waals surface area contributed by atoms with Gasteiger partial charge >= 0.3 is 0 Å². The number of para-hydroxylation sites is 1. The Morgan fingerprint density at radius 2 is 1.89 bits per heavy atom. The lowest BCUT2D eigenvalue weighted by Gasteiger charge is -2.09. The summed E-state index contributed by atoms with van der Waals surface area (Å²) in [4.78, 5) is 16.4. The molecule has 0 radical (unpaired) electrons. The molecule has 0 fully saturated rings. The Balaban J connectivity index is 1.59. The third-order valence-corrected chi connectivity index (χ3v) is 3.85. The molecule has 27 heavy (non-hydrogen) atoms. The predicted octanol–water partition coefficient (Wildman–Crippen LogP) is 3.44. The minimum atomic E-state index is -0.212. The van der Waals surface area contributed by atoms with Gasteiger partial charge in [0.15, 0.2) is 0 Å². The molecule has 0 aliphatic rings. The molecule has 2 heterocycles. The third-order valence-electron chi connectivity index (χ3n) is 3.85. The fourth-order valence-corrected chi connectivity index (χ4v) is 2.61. The van der Waals surface area contributed by atoms with E-state index in [0.29, 0.717) is 29.9 Å². The van der Waals surface area contributed by atoms with E-state index in [2.05, 4.69) is 15.2 Å². The summed E-state index contributed by atoms with van der Waals surface area (Å²) < 4.78 is 12.1. The van der Waals surface area contributed by atoms with E-state index in [0.717, 1.165) is 11.1 Å². The quantitative estimate of drug-likeness (QED) is 0.542. The average Bonchev–Trinajstić information content (AvgIpc) is 3.12. The van der Waals surface area contributed by atoms with Gasteiger partial charge in [0, 0.05) is 24.6 Å². The lowest BCUT2D eigenvalue weighted by atomic mass is 10.1. The Kier molecular flexibility index (Phi) is 4.49. The maximum Gasteiger partial charge on any atom is 0.267 e. The van der Waals surface area contributed by atoms with Gasteiger partial charge in [0.1, 0.15) is 5.75 Å². The van der Waals surface area contributed by atoms with Crippen LogP contribution < -0.4 is 10.3 Å². The second-order valence-corrected chi connectivity index (χ2v) is 5.92. The molecule has 7 nitrogen and oxygen atoms in total. The number of benzene rings is 2. The molecule has 0 saturated heterocycles. The molecular formula is C20H16N4O3. The van der Waals surface area contributed by atoms with Crippen LogP contribution in [0.25, 0.3) is 11.4 Å². The summed E-state index contributed by atoms with van der Waals surface area (Å²) in [5, 5.41) is 8.22. The van der Waals surface area contributed by atoms with Gasteiger partial charge in [0.25, 0.3) is 5.56 Å². The van der Waals surface area contributed by atoms with E-state index < -0.39 is 0 Å². The minimum Gasteiger partial charge on any atom is -0.438 e. The van der Waals surface area contributed by atoms with Gasteiger partial charge in [-0.2, -0.15) is 4.98 Å². The van der Waals surface area contributed by atoms with Crippen LogP contribution in [0, 0.1) is 6.92 Å². The number of hydrogen-bond acceptors (Lipinski definition) is 6. The van der Waals surface area contributed by atoms with E-state index in [4.69, 9.17) is 9.26 Å². The van der Waals surface area contributed by atoms with Gasteiger partial charge in [-0.3, -0.25) is 4.79 Å². The van der Waals surface area contributed by atoms with Crippen molar-refractivity contribution in [3.8, 4) is 23.0 Å². The SMILES string of the molecule is Cc1nc(-c2cccc(Cn3nc(Oc4ccccc4)ccc3=O)c2)no1. The molecule has 4 aromatic rings. The maximum absolute atomic E-state index is 12.2. The highest BCUT2D eigenvalue weighted by atomic mass is 16.5. The van der Waals surface area contributed by atoms with Gasteiger partial charge in [-0.05, 0) is 23.8 Å². The van der Waals surface area contributed by atoms with Gasteiger partial charge in [0.2, 0.25) is 17.6 Å². The summed E-state index contributed by atoms with van der Waals surface area (Å²) in [6.07, 6.45) is 0. The Morgan fingerprint density at radius 3 is 2.67 bits per heavy atom. The first kappa shape index (κ1) is 16.7. The normalized spacial score (nSPS) is 10.7. The molecule has 0 aliphatic carbocycles. The molecule has 0 aliphatic heterocycles. The van der Waals surface area contributed by atoms with Crippen LogP contribution in [0.3, 0.4) is 0 Å². The lowest BCUT2D eigenvalue weighted by Crippen LogP contribution is -2.22. The fourth-order valence-electron chi connectivity index (χ4n) is 2.61. The highest BCUT2D eigenvalue weighted by molar-refractivity contribution is 5.55. The third kappa shape index (κ3) is 3.92. The van der Waals surface area contributed by atoms with Gasteiger partial charge in [0.05, 0.1) is 6.54 Å². The van der Waals surface area contributed by atoms with Crippen LogP contribution in [0.1, 0.15) is 11.5 Å². The van der Waals surface area contributed by atoms with Crippen LogP contribution in [0.5, 0.6) is 11.6 Å². The van der Waals surface area contributed by atoms with Gasteiger partial charge in [-0.1, -0.05) is 41.6 Å². The number of ether oxygens (including phenoxy) is 1. The summed E-state index contributed by atoms with van der Waals surface area (Å²) in [6.45, 7) is 2.04. The number of aromatic nitrogens is 4. The Labute approximate surface area is 154 Å². The number of nitrogens with zero attached hydrogens (tertiary/aromatic N) is 4. The highest BCUT2D eigenvalue weighted by Gasteiger charge is 2.08. The zero-order valence-corrected chi connectivity index (χ0v) is 14.6. The standard InChI is InChI=1S/C20H16N4O3/c1-14-21-20(23-27-14)16-7-5-6-15(12-16)13-24-19(25)11-10-18(22-24)26-17-8-3-2-4-9-17/h2-12H,13H2,1H3. The van der Waals surface area contributed by atoms with E-state index in [1.165, 1.54) is 10.7 Å². The number of aryl methyl sites for hydroxylation is 1. The molecule has 7 heteroatoms. The summed E-state index contributed by atoms with van der Waals surface area (Å²) in [5.74, 6) is 2.02. The Bertz CT molecular complexity index is 1120. The summed E-state index contributed by atoms with van der Waals surface area (Å²) >= 11 is 0. The largest absolute Gasteiger partial charge is 0.438 e. The molecule has 0 spiro atoms. The zero-order chi connectivity index (χ0) is 18.6. The van der Waals surface area contributed by atoms with Crippen LogP contribution in [0.15, 0.2) is 76.0 Å². The smallest absolute Gasteiger partial charge is 0.267 e. The summed E-state index contributed by atoms with van der Waals surface area (Å²) in [5.41, 5.74) is 1.49. The zero-order valence-electron chi connectivity index (χ0n) is 14.6. The summed E-state index contributed by atoms with van der Waals surface area (Å²) in [6, 6.07) is 19.9. The molecule has 0 saturated carbocycles. The highest BCUT2D eigenvalue weighted by Crippen LogP contribution is 2.19. The maximum atomic E-state index is 12.2. The lowest BCUT2D eigenvalue weighted by molar-refractivity contribution is 0.394. The molecule has 134 valence electrons. The van der Waals surface area contributed by atoms with Crippen molar-refractivity contribution in [3.05, 3.63) is 88.5 Å². The molecular weight excluding hydrogens is 344 g/mol. The monoisotopic (exact) mass is 360 g/mol. The van der Waals surface area contributed by atoms with Crippen molar-refractivity contribution < 1.29 is 9.26 Å². The van der Waals surface area contributed by atoms with Crippen LogP contribution in [-0.4, -0.2) is 19.9 Å². The molecule has 0 amide bonds. The Morgan fingerprint density at radius 1 is 1.04 bits per heavy atom. The molecule has 0 bridgehead atoms.